The van der Waals surface area contributed by atoms with Crippen molar-refractivity contribution < 1.29 is 0 Å². The van der Waals surface area contributed by atoms with Gasteiger partial charge in [-0.25, -0.2) is 0 Å². The molecule has 0 radical (unpaired) electrons. The number of benzene rings is 1. The molecular weight excluding hydrogens is 264 g/mol. The first-order valence-corrected chi connectivity index (χ1v) is 7.08. The smallest absolute Gasteiger partial charge is 0.0763 e. The minimum absolute atomic E-state index is 0.0553. The van der Waals surface area contributed by atoms with Gasteiger partial charge in [0, 0.05) is 16.8 Å². The summed E-state index contributed by atoms with van der Waals surface area (Å²) in [7, 11) is 0. The molecule has 0 aliphatic carbocycles. The van der Waals surface area contributed by atoms with Gasteiger partial charge in [-0.2, -0.15) is 0 Å². The molecule has 0 amide bonds. The van der Waals surface area contributed by atoms with Crippen molar-refractivity contribution in [2.75, 3.05) is 17.6 Å². The third kappa shape index (κ3) is 2.79. The van der Waals surface area contributed by atoms with E-state index >= 15 is 0 Å². The van der Waals surface area contributed by atoms with Crippen LogP contribution >= 0.6 is 22.9 Å². The summed E-state index contributed by atoms with van der Waals surface area (Å²) in [4.78, 5) is 1.35. The molecule has 0 bridgehead atoms. The van der Waals surface area contributed by atoms with Gasteiger partial charge in [-0.15, -0.1) is 11.3 Å². The zero-order valence-corrected chi connectivity index (χ0v) is 12.1. The van der Waals surface area contributed by atoms with Crippen molar-refractivity contribution in [3.63, 3.8) is 0 Å². The minimum Gasteiger partial charge on any atom is -0.397 e. The molecule has 0 aliphatic heterocycles. The molecule has 3 N–H and O–H groups in total. The molecule has 2 rings (SSSR count). The predicted octanol–water partition coefficient (Wildman–Crippen LogP) is 4.37. The van der Waals surface area contributed by atoms with Gasteiger partial charge in [0.15, 0.2) is 0 Å². The number of nitrogens with one attached hydrogen (secondary N) is 1. The van der Waals surface area contributed by atoms with Crippen molar-refractivity contribution in [2.24, 2.45) is 0 Å². The van der Waals surface area contributed by atoms with Crippen LogP contribution in [0.3, 0.4) is 0 Å². The van der Waals surface area contributed by atoms with Crippen LogP contribution in [0.1, 0.15) is 18.7 Å². The lowest BCUT2D eigenvalue weighted by atomic mass is 9.91. The highest BCUT2D eigenvalue weighted by Crippen LogP contribution is 2.31. The third-order valence-corrected chi connectivity index (χ3v) is 4.49. The van der Waals surface area contributed by atoms with Gasteiger partial charge in [0.05, 0.1) is 16.4 Å². The van der Waals surface area contributed by atoms with Gasteiger partial charge >= 0.3 is 0 Å². The topological polar surface area (TPSA) is 38.0 Å². The number of anilines is 2. The Hall–Kier alpha value is -1.19. The summed E-state index contributed by atoms with van der Waals surface area (Å²) in [5.74, 6) is 0. The fourth-order valence-corrected chi connectivity index (χ4v) is 2.89. The zero-order chi connectivity index (χ0) is 13.2. The maximum Gasteiger partial charge on any atom is 0.0763 e. The van der Waals surface area contributed by atoms with Crippen LogP contribution in [0.25, 0.3) is 0 Å². The van der Waals surface area contributed by atoms with E-state index in [9.17, 15) is 0 Å². The molecule has 1 aromatic carbocycles. The molecule has 0 saturated heterocycles. The van der Waals surface area contributed by atoms with Crippen LogP contribution in [0.5, 0.6) is 0 Å². The van der Waals surface area contributed by atoms with E-state index in [1.165, 1.54) is 4.88 Å². The number of thiophene rings is 1. The van der Waals surface area contributed by atoms with Gasteiger partial charge in [-0.05, 0) is 23.6 Å². The molecule has 4 heteroatoms. The molecule has 0 fully saturated rings. The van der Waals surface area contributed by atoms with Crippen LogP contribution in [-0.4, -0.2) is 6.54 Å². The highest BCUT2D eigenvalue weighted by molar-refractivity contribution is 7.10. The van der Waals surface area contributed by atoms with E-state index in [-0.39, 0.29) is 5.41 Å². The largest absolute Gasteiger partial charge is 0.397 e. The number of nitrogen functional groups attached to an aromatic ring is 1. The summed E-state index contributed by atoms with van der Waals surface area (Å²) in [6.07, 6.45) is 0. The Morgan fingerprint density at radius 3 is 2.67 bits per heavy atom. The fraction of sp³-hybridized carbons (Fsp3) is 0.286. The van der Waals surface area contributed by atoms with E-state index in [0.717, 1.165) is 12.2 Å². The van der Waals surface area contributed by atoms with E-state index in [1.54, 1.807) is 11.3 Å². The third-order valence-electron chi connectivity index (χ3n) is 2.94. The van der Waals surface area contributed by atoms with Gasteiger partial charge in [0.25, 0.3) is 0 Å². The Bertz CT molecular complexity index is 500. The Kier molecular flexibility index (Phi) is 3.83. The maximum absolute atomic E-state index is 6.14. The van der Waals surface area contributed by atoms with Crippen molar-refractivity contribution in [2.45, 2.75) is 19.3 Å². The van der Waals surface area contributed by atoms with Crippen molar-refractivity contribution in [3.05, 3.63) is 45.6 Å². The summed E-state index contributed by atoms with van der Waals surface area (Å²) in [5, 5.41) is 6.12. The molecule has 2 aromatic rings. The average molecular weight is 281 g/mol. The molecule has 0 unspecified atom stereocenters. The number of hydrogen-bond donors (Lipinski definition) is 2. The predicted molar refractivity (Wildman–Crippen MR) is 81.7 cm³/mol. The summed E-state index contributed by atoms with van der Waals surface area (Å²) >= 11 is 7.91. The maximum atomic E-state index is 6.14. The van der Waals surface area contributed by atoms with Crippen LogP contribution < -0.4 is 11.1 Å². The Labute approximate surface area is 117 Å². The van der Waals surface area contributed by atoms with Gasteiger partial charge in [0.2, 0.25) is 0 Å². The first kappa shape index (κ1) is 13.2. The molecule has 1 heterocycles. The monoisotopic (exact) mass is 280 g/mol. The van der Waals surface area contributed by atoms with Crippen molar-refractivity contribution >= 4 is 34.3 Å². The number of nitrogens with two attached hydrogens (primary N) is 1. The molecule has 18 heavy (non-hydrogen) atoms. The van der Waals surface area contributed by atoms with Gasteiger partial charge in [-0.3, -0.25) is 0 Å². The van der Waals surface area contributed by atoms with Crippen LogP contribution in [0, 0.1) is 0 Å². The van der Waals surface area contributed by atoms with Crippen LogP contribution in [-0.2, 0) is 5.41 Å². The molecular formula is C14H17ClN2S. The molecule has 0 spiro atoms. The molecule has 0 aliphatic rings. The Morgan fingerprint density at radius 2 is 2.06 bits per heavy atom. The van der Waals surface area contributed by atoms with Gasteiger partial charge < -0.3 is 11.1 Å². The van der Waals surface area contributed by atoms with E-state index in [0.29, 0.717) is 10.7 Å². The number of halogens is 1. The van der Waals surface area contributed by atoms with E-state index in [4.69, 9.17) is 17.3 Å². The molecule has 1 aromatic heterocycles. The minimum atomic E-state index is 0.0553. The summed E-state index contributed by atoms with van der Waals surface area (Å²) in [6, 6.07) is 9.78. The number of hydrogen-bond acceptors (Lipinski definition) is 3. The molecule has 96 valence electrons. The second-order valence-electron chi connectivity index (χ2n) is 4.92. The van der Waals surface area contributed by atoms with Crippen molar-refractivity contribution in [3.8, 4) is 0 Å². The standard InChI is InChI=1S/C14H17ClN2S/c1-14(2,12-7-4-8-18-12)9-17-13-10(15)5-3-6-11(13)16/h3-8,17H,9,16H2,1-2H3. The zero-order valence-electron chi connectivity index (χ0n) is 10.5. The molecule has 0 saturated carbocycles. The highest BCUT2D eigenvalue weighted by atomic mass is 35.5. The van der Waals surface area contributed by atoms with Gasteiger partial charge in [0.1, 0.15) is 0 Å². The Balaban J connectivity index is 2.12. The van der Waals surface area contributed by atoms with E-state index < -0.39 is 0 Å². The molecule has 0 atom stereocenters. The second kappa shape index (κ2) is 5.21. The summed E-state index contributed by atoms with van der Waals surface area (Å²) in [5.41, 5.74) is 7.49. The lowest BCUT2D eigenvalue weighted by molar-refractivity contribution is 0.569. The average Bonchev–Trinajstić information content (AvgIpc) is 2.82. The second-order valence-corrected chi connectivity index (χ2v) is 6.27. The quantitative estimate of drug-likeness (QED) is 0.816. The first-order chi connectivity index (χ1) is 8.50. The lowest BCUT2D eigenvalue weighted by Gasteiger charge is -2.25. The van der Waals surface area contributed by atoms with Crippen molar-refractivity contribution in [1.29, 1.82) is 0 Å². The van der Waals surface area contributed by atoms with Crippen LogP contribution in [0.15, 0.2) is 35.7 Å². The van der Waals surface area contributed by atoms with Crippen LogP contribution in [0.2, 0.25) is 5.02 Å². The first-order valence-electron chi connectivity index (χ1n) is 5.82. The van der Waals surface area contributed by atoms with E-state index in [1.807, 2.05) is 18.2 Å². The number of rotatable bonds is 4. The van der Waals surface area contributed by atoms with Crippen molar-refractivity contribution in [1.82, 2.24) is 0 Å². The van der Waals surface area contributed by atoms with E-state index in [2.05, 4.69) is 36.7 Å². The highest BCUT2D eigenvalue weighted by Gasteiger charge is 2.22. The van der Waals surface area contributed by atoms with Gasteiger partial charge in [-0.1, -0.05) is 37.6 Å². The van der Waals surface area contributed by atoms with Crippen LogP contribution in [0.4, 0.5) is 11.4 Å². The SMILES string of the molecule is CC(C)(CNc1c(N)cccc1Cl)c1cccs1. The Morgan fingerprint density at radius 1 is 1.28 bits per heavy atom. The normalized spacial score (nSPS) is 11.5. The fourth-order valence-electron chi connectivity index (χ4n) is 1.79. The lowest BCUT2D eigenvalue weighted by Crippen LogP contribution is -2.26. The molecule has 2 nitrogen and oxygen atoms in total. The summed E-state index contributed by atoms with van der Waals surface area (Å²) in [6.45, 7) is 5.21. The number of para-hydroxylation sites is 1. The summed E-state index contributed by atoms with van der Waals surface area (Å²) < 4.78 is 0.